The zero-order valence-corrected chi connectivity index (χ0v) is 10.5. The van der Waals surface area contributed by atoms with Crippen LogP contribution < -0.4 is 0 Å². The van der Waals surface area contributed by atoms with E-state index in [-0.39, 0.29) is 0 Å². The monoisotopic (exact) mass is 236 g/mol. The van der Waals surface area contributed by atoms with E-state index in [9.17, 15) is 0 Å². The summed E-state index contributed by atoms with van der Waals surface area (Å²) in [5, 5.41) is 3.22. The molecule has 1 nitrogen and oxygen atoms in total. The molecule has 0 saturated heterocycles. The second-order valence-electron chi connectivity index (χ2n) is 3.27. The van der Waals surface area contributed by atoms with Gasteiger partial charge in [-0.15, -0.1) is 0 Å². The standard InChI is InChI=1S/C10H7Cl.C4H10O/c11-10-6-5-8-3-1-2-4-9(8)7-10;1-3-5-4-2/h1-7H;3-4H2,1-2H3. The van der Waals surface area contributed by atoms with Crippen molar-refractivity contribution < 1.29 is 4.74 Å². The van der Waals surface area contributed by atoms with Gasteiger partial charge in [-0.1, -0.05) is 41.9 Å². The van der Waals surface area contributed by atoms with Crippen molar-refractivity contribution in [3.05, 3.63) is 47.5 Å². The third kappa shape index (κ3) is 4.21. The molecular weight excluding hydrogens is 220 g/mol. The van der Waals surface area contributed by atoms with Crippen molar-refractivity contribution in [1.29, 1.82) is 0 Å². The Bertz CT molecular complexity index is 424. The van der Waals surface area contributed by atoms with E-state index in [4.69, 9.17) is 16.3 Å². The summed E-state index contributed by atoms with van der Waals surface area (Å²) in [6.45, 7) is 5.67. The molecule has 0 spiro atoms. The topological polar surface area (TPSA) is 9.23 Å². The lowest BCUT2D eigenvalue weighted by atomic mass is 10.1. The van der Waals surface area contributed by atoms with Crippen LogP contribution in [0.5, 0.6) is 0 Å². The van der Waals surface area contributed by atoms with E-state index in [2.05, 4.69) is 12.1 Å². The van der Waals surface area contributed by atoms with Gasteiger partial charge in [0.2, 0.25) is 0 Å². The summed E-state index contributed by atoms with van der Waals surface area (Å²) in [7, 11) is 0. The molecular formula is C14H17ClO. The van der Waals surface area contributed by atoms with Crippen LogP contribution in [-0.2, 0) is 4.74 Å². The van der Waals surface area contributed by atoms with E-state index in [1.54, 1.807) is 0 Å². The van der Waals surface area contributed by atoms with Gasteiger partial charge in [0.25, 0.3) is 0 Å². The molecule has 0 aromatic heterocycles. The van der Waals surface area contributed by atoms with Gasteiger partial charge in [0.15, 0.2) is 0 Å². The molecule has 0 N–H and O–H groups in total. The van der Waals surface area contributed by atoms with Crippen molar-refractivity contribution in [1.82, 2.24) is 0 Å². The Kier molecular flexibility index (Phi) is 5.91. The maximum Gasteiger partial charge on any atom is 0.0437 e. The fourth-order valence-corrected chi connectivity index (χ4v) is 1.54. The third-order valence-electron chi connectivity index (χ3n) is 2.12. The van der Waals surface area contributed by atoms with Crippen molar-refractivity contribution in [3.8, 4) is 0 Å². The minimum atomic E-state index is 0.795. The van der Waals surface area contributed by atoms with Crippen LogP contribution >= 0.6 is 11.6 Å². The van der Waals surface area contributed by atoms with Crippen molar-refractivity contribution in [2.45, 2.75) is 13.8 Å². The first-order valence-electron chi connectivity index (χ1n) is 5.50. The summed E-state index contributed by atoms with van der Waals surface area (Å²) in [6.07, 6.45) is 0. The Morgan fingerprint density at radius 2 is 1.56 bits per heavy atom. The first-order chi connectivity index (χ1) is 7.77. The number of halogens is 1. The summed E-state index contributed by atoms with van der Waals surface area (Å²) in [4.78, 5) is 0. The molecule has 0 aliphatic rings. The minimum Gasteiger partial charge on any atom is -0.382 e. The Labute approximate surface area is 102 Å². The molecule has 0 bridgehead atoms. The highest BCUT2D eigenvalue weighted by Gasteiger charge is 1.90. The van der Waals surface area contributed by atoms with Gasteiger partial charge in [0.1, 0.15) is 0 Å². The summed E-state index contributed by atoms with van der Waals surface area (Å²) in [6, 6.07) is 14.1. The van der Waals surface area contributed by atoms with Crippen LogP contribution in [0.25, 0.3) is 10.8 Å². The van der Waals surface area contributed by atoms with E-state index in [0.29, 0.717) is 0 Å². The summed E-state index contributed by atoms with van der Waals surface area (Å²) < 4.78 is 4.83. The predicted octanol–water partition coefficient (Wildman–Crippen LogP) is 4.54. The Morgan fingerprint density at radius 1 is 0.938 bits per heavy atom. The maximum atomic E-state index is 5.82. The molecule has 16 heavy (non-hydrogen) atoms. The van der Waals surface area contributed by atoms with Crippen LogP contribution in [0.1, 0.15) is 13.8 Å². The molecule has 0 unspecified atom stereocenters. The first kappa shape index (κ1) is 13.0. The molecule has 0 aliphatic heterocycles. The maximum absolute atomic E-state index is 5.82. The summed E-state index contributed by atoms with van der Waals surface area (Å²) in [5.41, 5.74) is 0. The average molecular weight is 237 g/mol. The molecule has 0 fully saturated rings. The van der Waals surface area contributed by atoms with Crippen LogP contribution in [0.3, 0.4) is 0 Å². The molecule has 0 heterocycles. The van der Waals surface area contributed by atoms with Crippen LogP contribution in [0, 0.1) is 0 Å². The lowest BCUT2D eigenvalue weighted by molar-refractivity contribution is 0.162. The van der Waals surface area contributed by atoms with Crippen molar-refractivity contribution in [3.63, 3.8) is 0 Å². The average Bonchev–Trinajstić information content (AvgIpc) is 2.31. The SMILES string of the molecule is CCOCC.Clc1ccc2ccccc2c1. The molecule has 0 atom stereocenters. The van der Waals surface area contributed by atoms with E-state index in [0.717, 1.165) is 18.2 Å². The number of rotatable bonds is 2. The number of hydrogen-bond acceptors (Lipinski definition) is 1. The van der Waals surface area contributed by atoms with E-state index >= 15 is 0 Å². The molecule has 2 aromatic rings. The second-order valence-corrected chi connectivity index (χ2v) is 3.71. The van der Waals surface area contributed by atoms with Gasteiger partial charge in [-0.3, -0.25) is 0 Å². The number of ether oxygens (including phenoxy) is 1. The number of benzene rings is 2. The lowest BCUT2D eigenvalue weighted by Crippen LogP contribution is -1.84. The molecule has 2 heteroatoms. The van der Waals surface area contributed by atoms with E-state index < -0.39 is 0 Å². The molecule has 0 amide bonds. The van der Waals surface area contributed by atoms with Crippen LogP contribution in [0.15, 0.2) is 42.5 Å². The van der Waals surface area contributed by atoms with Gasteiger partial charge < -0.3 is 4.74 Å². The van der Waals surface area contributed by atoms with Gasteiger partial charge in [-0.2, -0.15) is 0 Å². The number of fused-ring (bicyclic) bond motifs is 1. The van der Waals surface area contributed by atoms with Crippen molar-refractivity contribution in [2.75, 3.05) is 13.2 Å². The highest BCUT2D eigenvalue weighted by molar-refractivity contribution is 6.31. The number of hydrogen-bond donors (Lipinski definition) is 0. The Morgan fingerprint density at radius 3 is 2.12 bits per heavy atom. The fourth-order valence-electron chi connectivity index (χ4n) is 1.36. The van der Waals surface area contributed by atoms with Crippen molar-refractivity contribution >= 4 is 22.4 Å². The largest absolute Gasteiger partial charge is 0.382 e. The van der Waals surface area contributed by atoms with Gasteiger partial charge >= 0.3 is 0 Å². The summed E-state index contributed by atoms with van der Waals surface area (Å²) in [5.74, 6) is 0. The van der Waals surface area contributed by atoms with E-state index in [1.165, 1.54) is 10.8 Å². The van der Waals surface area contributed by atoms with Crippen molar-refractivity contribution in [2.24, 2.45) is 0 Å². The van der Waals surface area contributed by atoms with Gasteiger partial charge in [0, 0.05) is 18.2 Å². The molecule has 2 rings (SSSR count). The quantitative estimate of drug-likeness (QED) is 0.744. The van der Waals surface area contributed by atoms with Gasteiger partial charge in [-0.25, -0.2) is 0 Å². The molecule has 86 valence electrons. The minimum absolute atomic E-state index is 0.795. The normalized spacial score (nSPS) is 9.69. The fraction of sp³-hybridized carbons (Fsp3) is 0.286. The third-order valence-corrected chi connectivity index (χ3v) is 2.35. The Hall–Kier alpha value is -1.05. The molecule has 0 saturated carbocycles. The van der Waals surface area contributed by atoms with Crippen LogP contribution in [0.4, 0.5) is 0 Å². The first-order valence-corrected chi connectivity index (χ1v) is 5.87. The highest BCUT2D eigenvalue weighted by Crippen LogP contribution is 2.18. The van der Waals surface area contributed by atoms with Crippen LogP contribution in [-0.4, -0.2) is 13.2 Å². The molecule has 0 aliphatic carbocycles. The zero-order chi connectivity index (χ0) is 11.8. The zero-order valence-electron chi connectivity index (χ0n) is 9.74. The Balaban J connectivity index is 0.000000221. The molecule has 0 radical (unpaired) electrons. The predicted molar refractivity (Wildman–Crippen MR) is 71.1 cm³/mol. The highest BCUT2D eigenvalue weighted by atomic mass is 35.5. The summed E-state index contributed by atoms with van der Waals surface area (Å²) >= 11 is 5.82. The smallest absolute Gasteiger partial charge is 0.0437 e. The van der Waals surface area contributed by atoms with Gasteiger partial charge in [0.05, 0.1) is 0 Å². The van der Waals surface area contributed by atoms with Crippen LogP contribution in [0.2, 0.25) is 5.02 Å². The van der Waals surface area contributed by atoms with Gasteiger partial charge in [-0.05, 0) is 36.8 Å². The molecule has 2 aromatic carbocycles. The second kappa shape index (κ2) is 7.26. The van der Waals surface area contributed by atoms with E-state index in [1.807, 2.05) is 44.2 Å². The lowest BCUT2D eigenvalue weighted by Gasteiger charge is -1.95.